The molecule has 0 rings (SSSR count). The van der Waals surface area contributed by atoms with Crippen molar-refractivity contribution in [1.82, 2.24) is 0 Å². The summed E-state index contributed by atoms with van der Waals surface area (Å²) in [7, 11) is -17.0. The molecule has 55 heavy (non-hydrogen) atoms. The lowest BCUT2D eigenvalue weighted by Crippen LogP contribution is -2.18. The van der Waals surface area contributed by atoms with E-state index in [1.807, 2.05) is 104 Å². The van der Waals surface area contributed by atoms with Crippen LogP contribution in [0.25, 0.3) is 0 Å². The Hall–Kier alpha value is -1.56. The van der Waals surface area contributed by atoms with Gasteiger partial charge in [0.25, 0.3) is 0 Å². The van der Waals surface area contributed by atoms with E-state index < -0.39 is 41.6 Å². The molecule has 0 aromatic heterocycles. The highest BCUT2D eigenvalue weighted by Crippen LogP contribution is 2.21. The minimum Gasteiger partial charge on any atom is -0.264 e. The molecule has 0 aromatic carbocycles. The number of hydrogen-bond acceptors (Lipinski definition) is 12. The third kappa shape index (κ3) is 154. The van der Waals surface area contributed by atoms with Crippen LogP contribution in [-0.4, -0.2) is 78.3 Å². The molecule has 0 unspecified atom stereocenters. The molecule has 0 aliphatic heterocycles. The zero-order valence-corrected chi connectivity index (χ0v) is 39.6. The van der Waals surface area contributed by atoms with Crippen LogP contribution in [0.1, 0.15) is 130 Å². The SMILES string of the molecule is C=C.C=C.C=C(C)C.C=C(C)C.CC(C)(C)CCOS(=O)(=O)O.CC(C)(C)CCOS(=O)(=O)OCCC(C)(C)C.CC(C)CCOS(=O)(=O)O.O=S(=O)(O)O. The zero-order valence-electron chi connectivity index (χ0n) is 36.3. The summed E-state index contributed by atoms with van der Waals surface area (Å²) in [6, 6.07) is 0. The normalized spacial score (nSPS) is 11.4. The third-order valence-electron chi connectivity index (χ3n) is 4.17. The van der Waals surface area contributed by atoms with Gasteiger partial charge in [0.05, 0.1) is 26.4 Å². The molecule has 4 N–H and O–H groups in total. The van der Waals surface area contributed by atoms with Crippen LogP contribution in [0, 0.1) is 22.2 Å². The molecule has 0 amide bonds. The van der Waals surface area contributed by atoms with E-state index >= 15 is 0 Å². The largest absolute Gasteiger partial charge is 0.399 e. The first-order valence-electron chi connectivity index (χ1n) is 16.7. The monoisotopic (exact) mass is 882 g/mol. The van der Waals surface area contributed by atoms with Gasteiger partial charge in [0.15, 0.2) is 0 Å². The fourth-order valence-corrected chi connectivity index (χ4v) is 3.02. The molecule has 20 heteroatoms. The average molecular weight is 883 g/mol. The van der Waals surface area contributed by atoms with Crippen molar-refractivity contribution < 1.29 is 68.6 Å². The van der Waals surface area contributed by atoms with Crippen LogP contribution in [-0.2, 0) is 58.3 Å². The molecule has 0 aliphatic carbocycles. The second-order valence-corrected chi connectivity index (χ2v) is 19.9. The van der Waals surface area contributed by atoms with E-state index in [1.165, 1.54) is 11.1 Å². The van der Waals surface area contributed by atoms with Crippen molar-refractivity contribution in [3.05, 3.63) is 50.6 Å². The first kappa shape index (κ1) is 71.2. The first-order valence-corrected chi connectivity index (χ1v) is 22.2. The molecule has 0 heterocycles. The van der Waals surface area contributed by atoms with Crippen LogP contribution in [0.4, 0.5) is 0 Å². The highest BCUT2D eigenvalue weighted by molar-refractivity contribution is 7.82. The molecule has 0 radical (unpaired) electrons. The van der Waals surface area contributed by atoms with E-state index in [1.54, 1.807) is 0 Å². The average Bonchev–Trinajstić information content (AvgIpc) is 2.86. The third-order valence-corrected chi connectivity index (χ3v) is 6.01. The molecule has 338 valence electrons. The predicted molar refractivity (Wildman–Crippen MR) is 225 cm³/mol. The Balaban J connectivity index is -0.0000000849. The van der Waals surface area contributed by atoms with Gasteiger partial charge in [-0.2, -0.15) is 33.7 Å². The van der Waals surface area contributed by atoms with Crippen molar-refractivity contribution in [3.63, 3.8) is 0 Å². The summed E-state index contributed by atoms with van der Waals surface area (Å²) in [6.45, 7) is 49.4. The molecule has 0 spiro atoms. The fraction of sp³-hybridized carbons (Fsp3) is 0.771. The van der Waals surface area contributed by atoms with E-state index in [4.69, 9.17) is 35.0 Å². The number of rotatable bonds is 13. The van der Waals surface area contributed by atoms with E-state index in [-0.39, 0.29) is 42.7 Å². The number of allylic oxidation sites excluding steroid dienone is 2. The van der Waals surface area contributed by atoms with E-state index in [2.05, 4.69) is 47.8 Å². The van der Waals surface area contributed by atoms with Crippen LogP contribution >= 0.6 is 0 Å². The lowest BCUT2D eigenvalue weighted by atomic mass is 9.93. The Morgan fingerprint density at radius 1 is 0.491 bits per heavy atom. The molecule has 0 fully saturated rings. The quantitative estimate of drug-likeness (QED) is 0.0992. The predicted octanol–water partition coefficient (Wildman–Crippen LogP) is 9.35. The Morgan fingerprint density at radius 3 is 0.836 bits per heavy atom. The summed E-state index contributed by atoms with van der Waals surface area (Å²) in [5.74, 6) is 0.377. The van der Waals surface area contributed by atoms with Crippen molar-refractivity contribution in [2.75, 3.05) is 26.4 Å². The van der Waals surface area contributed by atoms with Crippen LogP contribution in [0.5, 0.6) is 0 Å². The molecule has 0 saturated heterocycles. The van der Waals surface area contributed by atoms with Gasteiger partial charge < -0.3 is 0 Å². The summed E-state index contributed by atoms with van der Waals surface area (Å²) in [6.07, 6.45) is 2.57. The van der Waals surface area contributed by atoms with E-state index in [9.17, 15) is 25.3 Å². The van der Waals surface area contributed by atoms with Gasteiger partial charge in [0.1, 0.15) is 0 Å². The van der Waals surface area contributed by atoms with Crippen LogP contribution in [0.3, 0.4) is 0 Å². The molecule has 0 aromatic rings. The summed E-state index contributed by atoms with van der Waals surface area (Å²) >= 11 is 0. The molecular weight excluding hydrogens is 805 g/mol. The van der Waals surface area contributed by atoms with Crippen molar-refractivity contribution in [2.45, 2.75) is 130 Å². The first-order chi connectivity index (χ1) is 24.0. The lowest BCUT2D eigenvalue weighted by Gasteiger charge is -2.18. The summed E-state index contributed by atoms with van der Waals surface area (Å²) in [4.78, 5) is 0. The summed E-state index contributed by atoms with van der Waals surface area (Å²) in [5, 5.41) is 0. The molecular formula is C35H78O16S4. The van der Waals surface area contributed by atoms with Crippen molar-refractivity contribution in [1.29, 1.82) is 0 Å². The Bertz CT molecular complexity index is 1310. The minimum absolute atomic E-state index is 0.0185. The highest BCUT2D eigenvalue weighted by Gasteiger charge is 2.18. The maximum absolute atomic E-state index is 11.4. The van der Waals surface area contributed by atoms with Crippen LogP contribution < -0.4 is 0 Å². The summed E-state index contributed by atoms with van der Waals surface area (Å²) in [5.41, 5.74) is 2.46. The van der Waals surface area contributed by atoms with Crippen molar-refractivity contribution in [3.8, 4) is 0 Å². The van der Waals surface area contributed by atoms with E-state index in [0.717, 1.165) is 0 Å². The van der Waals surface area contributed by atoms with Gasteiger partial charge in [-0.1, -0.05) is 87.3 Å². The second-order valence-electron chi connectivity index (χ2n) is 15.5. The van der Waals surface area contributed by atoms with Gasteiger partial charge in [0.2, 0.25) is 0 Å². The molecule has 0 atom stereocenters. The second kappa shape index (κ2) is 36.8. The summed E-state index contributed by atoms with van der Waals surface area (Å²) < 4.78 is 128. The fourth-order valence-electron chi connectivity index (χ4n) is 1.78. The van der Waals surface area contributed by atoms with Gasteiger partial charge in [0, 0.05) is 0 Å². The van der Waals surface area contributed by atoms with Gasteiger partial charge in [-0.05, 0) is 75.5 Å². The van der Waals surface area contributed by atoms with Crippen LogP contribution in [0.2, 0.25) is 0 Å². The Morgan fingerprint density at radius 2 is 0.673 bits per heavy atom. The Kier molecular flexibility index (Phi) is 47.6. The van der Waals surface area contributed by atoms with Crippen LogP contribution in [0.15, 0.2) is 50.6 Å². The molecule has 0 bridgehead atoms. The van der Waals surface area contributed by atoms with Gasteiger partial charge in [-0.25, -0.2) is 16.7 Å². The van der Waals surface area contributed by atoms with Crippen molar-refractivity contribution >= 4 is 41.6 Å². The smallest absolute Gasteiger partial charge is 0.264 e. The standard InChI is InChI=1S/C12H26O4S.C6H14O4S.C5H12O4S.2C4H8.2C2H4.H2O4S/c1-11(2,3)7-9-15-17(13,14)16-10-8-12(4,5)6;1-6(2,3)4-5-10-11(7,8)9;1-5(2)3-4-9-10(6,7)8;2*1-4(2)3;2*1-2;1-5(2,3)4/h7-10H2,1-6H3;4-5H2,1-3H3,(H,7,8,9);5H,3-4H2,1-2H3,(H,6,7,8);2*1H2,2-3H3;2*1-2H2;(H2,1,2,3,4). The maximum Gasteiger partial charge on any atom is 0.399 e. The number of hydrogen-bond donors (Lipinski definition) is 4. The topological polar surface area (TPSA) is 254 Å². The molecule has 0 aliphatic rings. The van der Waals surface area contributed by atoms with E-state index in [0.29, 0.717) is 31.6 Å². The highest BCUT2D eigenvalue weighted by atomic mass is 32.3. The van der Waals surface area contributed by atoms with Gasteiger partial charge in [-0.15, -0.1) is 39.5 Å². The Labute approximate surface area is 337 Å². The van der Waals surface area contributed by atoms with Gasteiger partial charge in [-0.3, -0.25) is 18.2 Å². The van der Waals surface area contributed by atoms with Gasteiger partial charge >= 0.3 is 41.6 Å². The zero-order chi connectivity index (χ0) is 46.7. The molecule has 0 saturated carbocycles. The molecule has 16 nitrogen and oxygen atoms in total. The minimum atomic E-state index is -4.67. The maximum atomic E-state index is 11.4. The lowest BCUT2D eigenvalue weighted by molar-refractivity contribution is 0.175. The van der Waals surface area contributed by atoms with Crippen molar-refractivity contribution in [2.24, 2.45) is 22.2 Å².